The van der Waals surface area contributed by atoms with E-state index in [1.54, 1.807) is 4.31 Å². The molecule has 0 aromatic heterocycles. The minimum Gasteiger partial charge on any atom is -0.212 e. The fourth-order valence-corrected chi connectivity index (χ4v) is 3.94. The summed E-state index contributed by atoms with van der Waals surface area (Å²) in [6.07, 6.45) is 1.61. The quantitative estimate of drug-likeness (QED) is 0.733. The number of alkyl halides is 1. The summed E-state index contributed by atoms with van der Waals surface area (Å²) in [6.45, 7) is 7.44. The normalized spacial score (nSPS) is 23.9. The van der Waals surface area contributed by atoms with Crippen molar-refractivity contribution < 1.29 is 8.42 Å². The van der Waals surface area contributed by atoms with Crippen LogP contribution >= 0.6 is 11.6 Å². The van der Waals surface area contributed by atoms with Crippen molar-refractivity contribution in [2.75, 3.05) is 24.7 Å². The minimum atomic E-state index is -3.06. The summed E-state index contributed by atoms with van der Waals surface area (Å²) in [5.74, 6) is 1.16. The van der Waals surface area contributed by atoms with Crippen LogP contribution in [0.15, 0.2) is 0 Å². The van der Waals surface area contributed by atoms with Gasteiger partial charge in [0.2, 0.25) is 10.0 Å². The molecule has 96 valence electrons. The van der Waals surface area contributed by atoms with Gasteiger partial charge in [0.25, 0.3) is 0 Å². The lowest BCUT2D eigenvalue weighted by Gasteiger charge is -2.21. The summed E-state index contributed by atoms with van der Waals surface area (Å²) in [5.41, 5.74) is 0.0681. The number of hydrogen-bond donors (Lipinski definition) is 0. The first-order chi connectivity index (χ1) is 7.24. The highest BCUT2D eigenvalue weighted by Crippen LogP contribution is 2.24. The van der Waals surface area contributed by atoms with Crippen LogP contribution in [0.4, 0.5) is 0 Å². The van der Waals surface area contributed by atoms with E-state index in [1.807, 2.05) is 0 Å². The zero-order valence-corrected chi connectivity index (χ0v) is 11.9. The van der Waals surface area contributed by atoms with E-state index in [0.717, 1.165) is 6.42 Å². The molecule has 1 heterocycles. The molecule has 1 atom stereocenters. The molecule has 0 saturated carbocycles. The van der Waals surface area contributed by atoms with Gasteiger partial charge in [0.05, 0.1) is 5.75 Å². The first-order valence-corrected chi connectivity index (χ1v) is 7.93. The zero-order chi connectivity index (χ0) is 12.4. The average molecular weight is 268 g/mol. The van der Waals surface area contributed by atoms with Crippen LogP contribution < -0.4 is 0 Å². The largest absolute Gasteiger partial charge is 0.214 e. The summed E-state index contributed by atoms with van der Waals surface area (Å²) >= 11 is 5.75. The van der Waals surface area contributed by atoms with Gasteiger partial charge >= 0.3 is 0 Å². The Morgan fingerprint density at radius 1 is 1.38 bits per heavy atom. The van der Waals surface area contributed by atoms with Crippen molar-refractivity contribution in [2.45, 2.75) is 33.6 Å². The third-order valence-corrected chi connectivity index (χ3v) is 5.25. The molecule has 0 aliphatic carbocycles. The number of halogens is 1. The second kappa shape index (κ2) is 5.23. The Labute approximate surface area is 104 Å². The van der Waals surface area contributed by atoms with Crippen LogP contribution in [0.5, 0.6) is 0 Å². The van der Waals surface area contributed by atoms with E-state index in [0.29, 0.717) is 31.3 Å². The highest BCUT2D eigenvalue weighted by molar-refractivity contribution is 7.89. The summed E-state index contributed by atoms with van der Waals surface area (Å²) < 4.78 is 25.7. The third-order valence-electron chi connectivity index (χ3n) is 2.97. The summed E-state index contributed by atoms with van der Waals surface area (Å²) in [4.78, 5) is 0. The fourth-order valence-electron chi connectivity index (χ4n) is 1.74. The molecule has 0 radical (unpaired) electrons. The van der Waals surface area contributed by atoms with Crippen LogP contribution in [0.25, 0.3) is 0 Å². The van der Waals surface area contributed by atoms with Gasteiger partial charge < -0.3 is 0 Å². The van der Waals surface area contributed by atoms with E-state index in [-0.39, 0.29) is 11.2 Å². The van der Waals surface area contributed by atoms with Gasteiger partial charge in [-0.05, 0) is 24.2 Å². The molecule has 0 bridgehead atoms. The standard InChI is InChI=1S/C11H22ClNO2S/c1-11(2,3)5-7-16(14,15)13-6-4-10(8-12)9-13/h10H,4-9H2,1-3H3. The SMILES string of the molecule is CC(C)(C)CCS(=O)(=O)N1CCC(CCl)C1. The van der Waals surface area contributed by atoms with Gasteiger partial charge in [0.1, 0.15) is 0 Å². The molecule has 0 spiro atoms. The Morgan fingerprint density at radius 3 is 2.44 bits per heavy atom. The predicted octanol–water partition coefficient (Wildman–Crippen LogP) is 2.31. The number of rotatable bonds is 4. The van der Waals surface area contributed by atoms with E-state index >= 15 is 0 Å². The van der Waals surface area contributed by atoms with Gasteiger partial charge in [0, 0.05) is 19.0 Å². The highest BCUT2D eigenvalue weighted by atomic mass is 35.5. The van der Waals surface area contributed by atoms with Gasteiger partial charge in [-0.2, -0.15) is 0 Å². The lowest BCUT2D eigenvalue weighted by molar-refractivity contribution is 0.388. The Morgan fingerprint density at radius 2 is 2.00 bits per heavy atom. The second-order valence-electron chi connectivity index (χ2n) is 5.79. The molecule has 0 N–H and O–H groups in total. The molecule has 1 fully saturated rings. The summed E-state index contributed by atoms with van der Waals surface area (Å²) in [7, 11) is -3.06. The van der Waals surface area contributed by atoms with Crippen LogP contribution in [-0.4, -0.2) is 37.4 Å². The van der Waals surface area contributed by atoms with Crippen molar-refractivity contribution in [3.63, 3.8) is 0 Å². The van der Waals surface area contributed by atoms with Crippen LogP contribution in [-0.2, 0) is 10.0 Å². The smallest absolute Gasteiger partial charge is 0.212 e. The number of nitrogens with zero attached hydrogens (tertiary/aromatic N) is 1. The Hall–Kier alpha value is 0.200. The molecule has 0 aromatic carbocycles. The van der Waals surface area contributed by atoms with Crippen molar-refractivity contribution in [3.05, 3.63) is 0 Å². The summed E-state index contributed by atoms with van der Waals surface area (Å²) in [6, 6.07) is 0. The number of hydrogen-bond acceptors (Lipinski definition) is 2. The monoisotopic (exact) mass is 267 g/mol. The summed E-state index contributed by atoms with van der Waals surface area (Å²) in [5, 5.41) is 0. The van der Waals surface area contributed by atoms with Crippen molar-refractivity contribution in [2.24, 2.45) is 11.3 Å². The maximum atomic E-state index is 12.0. The molecule has 0 aromatic rings. The molecule has 1 rings (SSSR count). The molecule has 1 saturated heterocycles. The maximum Gasteiger partial charge on any atom is 0.214 e. The maximum absolute atomic E-state index is 12.0. The zero-order valence-electron chi connectivity index (χ0n) is 10.4. The van der Waals surface area contributed by atoms with Gasteiger partial charge in [-0.1, -0.05) is 20.8 Å². The molecule has 1 unspecified atom stereocenters. The Kier molecular flexibility index (Phi) is 4.66. The van der Waals surface area contributed by atoms with Gasteiger partial charge in [-0.3, -0.25) is 0 Å². The average Bonchev–Trinajstić information content (AvgIpc) is 2.62. The molecule has 3 nitrogen and oxygen atoms in total. The Bertz CT molecular complexity index is 321. The van der Waals surface area contributed by atoms with Crippen molar-refractivity contribution >= 4 is 21.6 Å². The first-order valence-electron chi connectivity index (χ1n) is 5.78. The van der Waals surface area contributed by atoms with Crippen LogP contribution in [0.3, 0.4) is 0 Å². The highest BCUT2D eigenvalue weighted by Gasteiger charge is 2.31. The Balaban J connectivity index is 2.52. The van der Waals surface area contributed by atoms with E-state index < -0.39 is 10.0 Å². The van der Waals surface area contributed by atoms with E-state index in [1.165, 1.54) is 0 Å². The molecular weight excluding hydrogens is 246 g/mol. The van der Waals surface area contributed by atoms with Gasteiger partial charge in [-0.15, -0.1) is 11.6 Å². The third kappa shape index (κ3) is 4.22. The van der Waals surface area contributed by atoms with E-state index in [2.05, 4.69) is 20.8 Å². The van der Waals surface area contributed by atoms with Crippen molar-refractivity contribution in [3.8, 4) is 0 Å². The molecule has 16 heavy (non-hydrogen) atoms. The molecular formula is C11H22ClNO2S. The van der Waals surface area contributed by atoms with Gasteiger partial charge in [0.15, 0.2) is 0 Å². The van der Waals surface area contributed by atoms with E-state index in [4.69, 9.17) is 11.6 Å². The van der Waals surface area contributed by atoms with Crippen molar-refractivity contribution in [1.29, 1.82) is 0 Å². The molecule has 5 heteroatoms. The fraction of sp³-hybridized carbons (Fsp3) is 1.00. The second-order valence-corrected chi connectivity index (χ2v) is 8.19. The van der Waals surface area contributed by atoms with Gasteiger partial charge in [-0.25, -0.2) is 12.7 Å². The van der Waals surface area contributed by atoms with E-state index in [9.17, 15) is 8.42 Å². The molecule has 1 aliphatic rings. The first kappa shape index (κ1) is 14.3. The molecule has 0 amide bonds. The van der Waals surface area contributed by atoms with Crippen LogP contribution in [0.2, 0.25) is 0 Å². The minimum absolute atomic E-state index is 0.0681. The lowest BCUT2D eigenvalue weighted by Crippen LogP contribution is -2.32. The lowest BCUT2D eigenvalue weighted by atomic mass is 9.94. The topological polar surface area (TPSA) is 37.4 Å². The van der Waals surface area contributed by atoms with Crippen molar-refractivity contribution in [1.82, 2.24) is 4.31 Å². The van der Waals surface area contributed by atoms with Crippen LogP contribution in [0, 0.1) is 11.3 Å². The number of sulfonamides is 1. The predicted molar refractivity (Wildman–Crippen MR) is 68.3 cm³/mol. The molecule has 1 aliphatic heterocycles. The van der Waals surface area contributed by atoms with Crippen LogP contribution in [0.1, 0.15) is 33.6 Å².